The third-order valence-electron chi connectivity index (χ3n) is 3.28. The van der Waals surface area contributed by atoms with Gasteiger partial charge in [-0.25, -0.2) is 4.98 Å². The van der Waals surface area contributed by atoms with Gasteiger partial charge >= 0.3 is 0 Å². The Bertz CT molecular complexity index is 565. The van der Waals surface area contributed by atoms with E-state index in [9.17, 15) is 0 Å². The number of benzene rings is 1. The third-order valence-corrected chi connectivity index (χ3v) is 4.68. The first-order valence-corrected chi connectivity index (χ1v) is 8.26. The van der Waals surface area contributed by atoms with Crippen molar-refractivity contribution in [3.05, 3.63) is 50.4 Å². The van der Waals surface area contributed by atoms with E-state index in [-0.39, 0.29) is 6.04 Å². The summed E-state index contributed by atoms with van der Waals surface area (Å²) in [6.07, 6.45) is 2.03. The molecule has 0 bridgehead atoms. The van der Waals surface area contributed by atoms with Crippen molar-refractivity contribution >= 4 is 22.9 Å². The largest absolute Gasteiger partial charge is 0.310 e. The normalized spacial score (nSPS) is 12.6. The van der Waals surface area contributed by atoms with Crippen molar-refractivity contribution in [1.29, 1.82) is 0 Å². The van der Waals surface area contributed by atoms with Gasteiger partial charge < -0.3 is 5.32 Å². The Kier molecular flexibility index (Phi) is 5.58. The predicted octanol–water partition coefficient (Wildman–Crippen LogP) is 4.70. The molecule has 0 saturated heterocycles. The van der Waals surface area contributed by atoms with Crippen molar-refractivity contribution in [3.8, 4) is 0 Å². The van der Waals surface area contributed by atoms with Gasteiger partial charge in [-0.05, 0) is 44.0 Å². The van der Waals surface area contributed by atoms with Crippen LogP contribution in [0.4, 0.5) is 0 Å². The minimum atomic E-state index is 0.276. The van der Waals surface area contributed by atoms with Crippen molar-refractivity contribution in [2.24, 2.45) is 0 Å². The summed E-state index contributed by atoms with van der Waals surface area (Å²) in [4.78, 5) is 4.57. The SMILES string of the molecule is CCCNC(Cc1nc(C)cs1)c1ccc(C)c(Cl)c1. The van der Waals surface area contributed by atoms with Crippen LogP contribution in [0.2, 0.25) is 5.02 Å². The van der Waals surface area contributed by atoms with Gasteiger partial charge in [0.1, 0.15) is 0 Å². The van der Waals surface area contributed by atoms with Crippen LogP contribution >= 0.6 is 22.9 Å². The molecule has 0 spiro atoms. The molecule has 1 N–H and O–H groups in total. The number of hydrogen-bond donors (Lipinski definition) is 1. The fraction of sp³-hybridized carbons (Fsp3) is 0.438. The second-order valence-electron chi connectivity index (χ2n) is 5.10. The zero-order valence-corrected chi connectivity index (χ0v) is 13.8. The second-order valence-corrected chi connectivity index (χ2v) is 6.45. The van der Waals surface area contributed by atoms with Crippen LogP contribution in [0.5, 0.6) is 0 Å². The van der Waals surface area contributed by atoms with Crippen molar-refractivity contribution in [1.82, 2.24) is 10.3 Å². The lowest BCUT2D eigenvalue weighted by molar-refractivity contribution is 0.528. The number of aromatic nitrogens is 1. The molecule has 0 fully saturated rings. The van der Waals surface area contributed by atoms with Crippen molar-refractivity contribution in [2.45, 2.75) is 39.7 Å². The van der Waals surface area contributed by atoms with Crippen LogP contribution in [0, 0.1) is 13.8 Å². The zero-order valence-electron chi connectivity index (χ0n) is 12.2. The molecule has 1 heterocycles. The molecule has 0 aliphatic heterocycles. The minimum Gasteiger partial charge on any atom is -0.310 e. The van der Waals surface area contributed by atoms with Crippen LogP contribution in [-0.2, 0) is 6.42 Å². The van der Waals surface area contributed by atoms with Gasteiger partial charge in [0, 0.05) is 28.6 Å². The van der Waals surface area contributed by atoms with E-state index in [0.29, 0.717) is 0 Å². The summed E-state index contributed by atoms with van der Waals surface area (Å²) in [5.41, 5.74) is 3.46. The maximum Gasteiger partial charge on any atom is 0.0947 e. The van der Waals surface area contributed by atoms with Gasteiger partial charge in [0.15, 0.2) is 0 Å². The average Bonchev–Trinajstić information content (AvgIpc) is 2.83. The maximum absolute atomic E-state index is 6.26. The monoisotopic (exact) mass is 308 g/mol. The number of nitrogens with zero attached hydrogens (tertiary/aromatic N) is 1. The van der Waals surface area contributed by atoms with E-state index >= 15 is 0 Å². The molecule has 1 aromatic carbocycles. The molecule has 2 rings (SSSR count). The lowest BCUT2D eigenvalue weighted by Gasteiger charge is -2.18. The van der Waals surface area contributed by atoms with Crippen molar-refractivity contribution in [3.63, 3.8) is 0 Å². The predicted molar refractivity (Wildman–Crippen MR) is 87.8 cm³/mol. The summed E-state index contributed by atoms with van der Waals surface area (Å²) in [6, 6.07) is 6.60. The van der Waals surface area contributed by atoms with E-state index in [1.807, 2.05) is 13.8 Å². The lowest BCUT2D eigenvalue weighted by atomic mass is 10.0. The molecule has 1 aromatic heterocycles. The van der Waals surface area contributed by atoms with E-state index in [1.165, 1.54) is 10.6 Å². The number of rotatable bonds is 6. The molecule has 1 atom stereocenters. The Labute approximate surface area is 130 Å². The first-order chi connectivity index (χ1) is 9.60. The number of aryl methyl sites for hydroxylation is 2. The van der Waals surface area contributed by atoms with Gasteiger partial charge in [-0.1, -0.05) is 30.7 Å². The summed E-state index contributed by atoms with van der Waals surface area (Å²) in [5.74, 6) is 0. The molecule has 2 nitrogen and oxygen atoms in total. The third kappa shape index (κ3) is 4.05. The Morgan fingerprint density at radius 2 is 2.15 bits per heavy atom. The van der Waals surface area contributed by atoms with Crippen LogP contribution < -0.4 is 5.32 Å². The van der Waals surface area contributed by atoms with Crippen LogP contribution in [-0.4, -0.2) is 11.5 Å². The first-order valence-electron chi connectivity index (χ1n) is 7.00. The number of halogens is 1. The first kappa shape index (κ1) is 15.5. The minimum absolute atomic E-state index is 0.276. The summed E-state index contributed by atoms with van der Waals surface area (Å²) < 4.78 is 0. The number of hydrogen-bond acceptors (Lipinski definition) is 3. The number of thiazole rings is 1. The Morgan fingerprint density at radius 3 is 2.75 bits per heavy atom. The van der Waals surface area contributed by atoms with Gasteiger partial charge in [0.2, 0.25) is 0 Å². The highest BCUT2D eigenvalue weighted by Crippen LogP contribution is 2.25. The fourth-order valence-electron chi connectivity index (χ4n) is 2.12. The molecule has 0 amide bonds. The van der Waals surface area contributed by atoms with E-state index in [4.69, 9.17) is 11.6 Å². The fourth-order valence-corrected chi connectivity index (χ4v) is 3.13. The summed E-state index contributed by atoms with van der Waals surface area (Å²) in [7, 11) is 0. The highest BCUT2D eigenvalue weighted by atomic mass is 35.5. The molecule has 4 heteroatoms. The van der Waals surface area contributed by atoms with Crippen LogP contribution in [0.1, 0.15) is 41.2 Å². The molecule has 0 saturated carbocycles. The molecule has 108 valence electrons. The van der Waals surface area contributed by atoms with E-state index in [1.54, 1.807) is 11.3 Å². The van der Waals surface area contributed by atoms with Gasteiger partial charge in [-0.2, -0.15) is 0 Å². The molecule has 20 heavy (non-hydrogen) atoms. The van der Waals surface area contributed by atoms with E-state index in [2.05, 4.69) is 40.8 Å². The van der Waals surface area contributed by atoms with E-state index in [0.717, 1.165) is 35.7 Å². The topological polar surface area (TPSA) is 24.9 Å². The highest BCUT2D eigenvalue weighted by Gasteiger charge is 2.14. The molecular formula is C16H21ClN2S. The molecule has 0 radical (unpaired) electrons. The Morgan fingerprint density at radius 1 is 1.35 bits per heavy atom. The number of nitrogens with one attached hydrogen (secondary N) is 1. The second kappa shape index (κ2) is 7.21. The van der Waals surface area contributed by atoms with Crippen LogP contribution in [0.3, 0.4) is 0 Å². The smallest absolute Gasteiger partial charge is 0.0947 e. The van der Waals surface area contributed by atoms with Gasteiger partial charge in [0.25, 0.3) is 0 Å². The summed E-state index contributed by atoms with van der Waals surface area (Å²) in [5, 5.41) is 7.71. The Hall–Kier alpha value is -0.900. The highest BCUT2D eigenvalue weighted by molar-refractivity contribution is 7.09. The van der Waals surface area contributed by atoms with E-state index < -0.39 is 0 Å². The summed E-state index contributed by atoms with van der Waals surface area (Å²) in [6.45, 7) is 7.25. The Balaban J connectivity index is 2.19. The molecule has 0 aliphatic carbocycles. The standard InChI is InChI=1S/C16H21ClN2S/c1-4-7-18-15(9-16-19-12(3)10-20-16)13-6-5-11(2)14(17)8-13/h5-6,8,10,15,18H,4,7,9H2,1-3H3. The maximum atomic E-state index is 6.26. The van der Waals surface area contributed by atoms with Crippen LogP contribution in [0.25, 0.3) is 0 Å². The molecule has 0 aliphatic rings. The van der Waals surface area contributed by atoms with Gasteiger partial charge in [-0.15, -0.1) is 11.3 Å². The molecule has 2 aromatic rings. The van der Waals surface area contributed by atoms with Gasteiger partial charge in [0.05, 0.1) is 5.01 Å². The van der Waals surface area contributed by atoms with Crippen LogP contribution in [0.15, 0.2) is 23.6 Å². The quantitative estimate of drug-likeness (QED) is 0.837. The summed E-state index contributed by atoms with van der Waals surface area (Å²) >= 11 is 7.99. The lowest BCUT2D eigenvalue weighted by Crippen LogP contribution is -2.24. The van der Waals surface area contributed by atoms with Crippen molar-refractivity contribution in [2.75, 3.05) is 6.54 Å². The molecule has 1 unspecified atom stereocenters. The molecular weight excluding hydrogens is 288 g/mol. The van der Waals surface area contributed by atoms with Gasteiger partial charge in [-0.3, -0.25) is 0 Å². The zero-order chi connectivity index (χ0) is 14.5. The average molecular weight is 309 g/mol. The van der Waals surface area contributed by atoms with Crippen molar-refractivity contribution < 1.29 is 0 Å².